The lowest BCUT2D eigenvalue weighted by Gasteiger charge is -2.47. The van der Waals surface area contributed by atoms with Crippen LogP contribution in [0.3, 0.4) is 0 Å². The normalized spacial score (nSPS) is 22.6. The zero-order valence-corrected chi connectivity index (χ0v) is 18.8. The van der Waals surface area contributed by atoms with Crippen LogP contribution in [0, 0.1) is 13.8 Å². The minimum atomic E-state index is 0.273. The largest absolute Gasteiger partial charge is 0.396 e. The summed E-state index contributed by atoms with van der Waals surface area (Å²) >= 11 is 0. The number of aliphatic hydroxyl groups is 1. The van der Waals surface area contributed by atoms with Crippen molar-refractivity contribution in [3.8, 4) is 5.69 Å². The second kappa shape index (κ2) is 9.60. The van der Waals surface area contributed by atoms with E-state index in [1.807, 2.05) is 11.6 Å². The van der Waals surface area contributed by atoms with Crippen molar-refractivity contribution >= 4 is 0 Å². The Bertz CT molecular complexity index is 827. The Balaban J connectivity index is 1.42. The molecule has 6 heteroatoms. The molecule has 0 amide bonds. The number of benzene rings is 1. The molecular formula is C24H37N5O. The Morgan fingerprint density at radius 2 is 1.87 bits per heavy atom. The zero-order valence-electron chi connectivity index (χ0n) is 18.8. The lowest BCUT2D eigenvalue weighted by Crippen LogP contribution is -2.58. The summed E-state index contributed by atoms with van der Waals surface area (Å²) < 4.78 is 2.03. The number of piperidine rings is 1. The van der Waals surface area contributed by atoms with Gasteiger partial charge in [0, 0.05) is 50.6 Å². The number of aliphatic hydroxyl groups excluding tert-OH is 1. The highest BCUT2D eigenvalue weighted by molar-refractivity contribution is 5.37. The quantitative estimate of drug-likeness (QED) is 0.791. The van der Waals surface area contributed by atoms with Gasteiger partial charge in [0.2, 0.25) is 0 Å². The van der Waals surface area contributed by atoms with Crippen LogP contribution in [0.2, 0.25) is 0 Å². The standard InChI is InChI=1S/C24H37N5O/c1-19-15-20(2)29(25-19)23-6-4-5-21(16-23)17-27-12-13-28(24(18-27)9-14-30)22-7-10-26(3)11-8-22/h4-6,15-16,22,24,30H,7-14,17-18H2,1-3H3. The molecule has 1 aromatic heterocycles. The average Bonchev–Trinajstić information content (AvgIpc) is 3.08. The number of aromatic nitrogens is 2. The summed E-state index contributed by atoms with van der Waals surface area (Å²) in [6.07, 6.45) is 3.38. The van der Waals surface area contributed by atoms with Gasteiger partial charge in [0.25, 0.3) is 0 Å². The van der Waals surface area contributed by atoms with Crippen LogP contribution in [0.1, 0.15) is 36.2 Å². The van der Waals surface area contributed by atoms with Crippen molar-refractivity contribution in [1.82, 2.24) is 24.5 Å². The minimum absolute atomic E-state index is 0.273. The topological polar surface area (TPSA) is 47.8 Å². The molecule has 2 fully saturated rings. The summed E-state index contributed by atoms with van der Waals surface area (Å²) in [6.45, 7) is 11.0. The molecule has 2 saturated heterocycles. The Labute approximate surface area is 181 Å². The number of hydrogen-bond donors (Lipinski definition) is 1. The number of likely N-dealkylation sites (tertiary alicyclic amines) is 1. The van der Waals surface area contributed by atoms with Crippen LogP contribution in [0.25, 0.3) is 5.69 Å². The first kappa shape index (κ1) is 21.5. The number of nitrogens with zero attached hydrogens (tertiary/aromatic N) is 5. The molecular weight excluding hydrogens is 374 g/mol. The maximum Gasteiger partial charge on any atom is 0.0651 e. The van der Waals surface area contributed by atoms with E-state index in [-0.39, 0.29) is 6.61 Å². The average molecular weight is 412 g/mol. The van der Waals surface area contributed by atoms with Crippen LogP contribution >= 0.6 is 0 Å². The first-order chi connectivity index (χ1) is 14.5. The third-order valence-electron chi connectivity index (χ3n) is 6.80. The molecule has 0 saturated carbocycles. The first-order valence-electron chi connectivity index (χ1n) is 11.4. The molecule has 0 spiro atoms. The van der Waals surface area contributed by atoms with Crippen molar-refractivity contribution < 1.29 is 5.11 Å². The molecule has 3 heterocycles. The monoisotopic (exact) mass is 411 g/mol. The van der Waals surface area contributed by atoms with Gasteiger partial charge in [0.1, 0.15) is 0 Å². The molecule has 0 aliphatic carbocycles. The summed E-state index contributed by atoms with van der Waals surface area (Å²) in [5.74, 6) is 0. The maximum absolute atomic E-state index is 9.68. The lowest BCUT2D eigenvalue weighted by atomic mass is 9.98. The Kier molecular flexibility index (Phi) is 6.88. The first-order valence-corrected chi connectivity index (χ1v) is 11.4. The molecule has 2 aromatic rings. The fourth-order valence-electron chi connectivity index (χ4n) is 5.23. The third kappa shape index (κ3) is 4.94. The number of rotatable bonds is 6. The molecule has 1 unspecified atom stereocenters. The van der Waals surface area contributed by atoms with Crippen LogP contribution in [-0.4, -0.2) is 88.0 Å². The summed E-state index contributed by atoms with van der Waals surface area (Å²) in [7, 11) is 2.22. The maximum atomic E-state index is 9.68. The van der Waals surface area contributed by atoms with Gasteiger partial charge >= 0.3 is 0 Å². The molecule has 1 aromatic carbocycles. The van der Waals surface area contributed by atoms with Crippen LogP contribution in [0.4, 0.5) is 0 Å². The number of aryl methyl sites for hydroxylation is 2. The van der Waals surface area contributed by atoms with E-state index in [0.717, 1.165) is 44.0 Å². The van der Waals surface area contributed by atoms with E-state index >= 15 is 0 Å². The van der Waals surface area contributed by atoms with Crippen LogP contribution in [0.15, 0.2) is 30.3 Å². The van der Waals surface area contributed by atoms with Gasteiger partial charge < -0.3 is 10.0 Å². The molecule has 6 nitrogen and oxygen atoms in total. The molecule has 0 bridgehead atoms. The fourth-order valence-corrected chi connectivity index (χ4v) is 5.23. The predicted octanol–water partition coefficient (Wildman–Crippen LogP) is 2.45. The van der Waals surface area contributed by atoms with E-state index < -0.39 is 0 Å². The second-order valence-corrected chi connectivity index (χ2v) is 9.18. The smallest absolute Gasteiger partial charge is 0.0651 e. The van der Waals surface area contributed by atoms with Crippen LogP contribution in [0.5, 0.6) is 0 Å². The number of hydrogen-bond acceptors (Lipinski definition) is 5. The fraction of sp³-hybridized carbons (Fsp3) is 0.625. The highest BCUT2D eigenvalue weighted by atomic mass is 16.3. The van der Waals surface area contributed by atoms with Crippen LogP contribution in [-0.2, 0) is 6.54 Å². The summed E-state index contributed by atoms with van der Waals surface area (Å²) in [6, 6.07) is 12.0. The second-order valence-electron chi connectivity index (χ2n) is 9.18. The van der Waals surface area contributed by atoms with Crippen molar-refractivity contribution in [3.63, 3.8) is 0 Å². The van der Waals surface area contributed by atoms with Gasteiger partial charge in [0.15, 0.2) is 0 Å². The van der Waals surface area contributed by atoms with Crippen molar-refractivity contribution in [3.05, 3.63) is 47.3 Å². The number of piperazine rings is 1. The van der Waals surface area contributed by atoms with E-state index in [1.54, 1.807) is 0 Å². The molecule has 4 rings (SSSR count). The minimum Gasteiger partial charge on any atom is -0.396 e. The molecule has 1 atom stereocenters. The summed E-state index contributed by atoms with van der Waals surface area (Å²) in [4.78, 5) is 7.70. The van der Waals surface area contributed by atoms with E-state index in [0.29, 0.717) is 12.1 Å². The Morgan fingerprint density at radius 1 is 1.07 bits per heavy atom. The highest BCUT2D eigenvalue weighted by Crippen LogP contribution is 2.24. The van der Waals surface area contributed by atoms with Crippen molar-refractivity contribution in [2.45, 2.75) is 51.7 Å². The zero-order chi connectivity index (χ0) is 21.1. The van der Waals surface area contributed by atoms with Gasteiger partial charge in [-0.3, -0.25) is 9.80 Å². The Morgan fingerprint density at radius 3 is 2.57 bits per heavy atom. The lowest BCUT2D eigenvalue weighted by molar-refractivity contribution is 0.00600. The highest BCUT2D eigenvalue weighted by Gasteiger charge is 2.33. The van der Waals surface area contributed by atoms with E-state index in [1.165, 1.54) is 37.2 Å². The van der Waals surface area contributed by atoms with E-state index in [9.17, 15) is 5.11 Å². The van der Waals surface area contributed by atoms with Crippen LogP contribution < -0.4 is 0 Å². The molecule has 30 heavy (non-hydrogen) atoms. The predicted molar refractivity (Wildman–Crippen MR) is 121 cm³/mol. The van der Waals surface area contributed by atoms with Gasteiger partial charge in [-0.1, -0.05) is 12.1 Å². The van der Waals surface area contributed by atoms with Gasteiger partial charge in [-0.2, -0.15) is 5.10 Å². The van der Waals surface area contributed by atoms with Gasteiger partial charge in [-0.25, -0.2) is 4.68 Å². The SMILES string of the molecule is Cc1cc(C)n(-c2cccc(CN3CCN(C4CCN(C)CC4)C(CCO)C3)c2)n1. The third-order valence-corrected chi connectivity index (χ3v) is 6.80. The van der Waals surface area contributed by atoms with Crippen molar-refractivity contribution in [1.29, 1.82) is 0 Å². The molecule has 164 valence electrons. The van der Waals surface area contributed by atoms with Gasteiger partial charge in [-0.15, -0.1) is 0 Å². The van der Waals surface area contributed by atoms with Crippen molar-refractivity contribution in [2.24, 2.45) is 0 Å². The Hall–Kier alpha value is -1.73. The molecule has 2 aliphatic rings. The van der Waals surface area contributed by atoms with E-state index in [2.05, 4.69) is 64.1 Å². The van der Waals surface area contributed by atoms with Gasteiger partial charge in [0.05, 0.1) is 11.4 Å². The van der Waals surface area contributed by atoms with Gasteiger partial charge in [-0.05, 0) is 77.0 Å². The summed E-state index contributed by atoms with van der Waals surface area (Å²) in [5, 5.41) is 14.3. The van der Waals surface area contributed by atoms with Crippen molar-refractivity contribution in [2.75, 3.05) is 46.4 Å². The van der Waals surface area contributed by atoms with E-state index in [4.69, 9.17) is 0 Å². The molecule has 2 aliphatic heterocycles. The molecule has 0 radical (unpaired) electrons. The summed E-state index contributed by atoms with van der Waals surface area (Å²) in [5.41, 5.74) is 4.68. The molecule has 1 N–H and O–H groups in total.